The van der Waals surface area contributed by atoms with Crippen molar-refractivity contribution in [1.82, 2.24) is 25.3 Å². The number of aliphatic hydroxyl groups excluding tert-OH is 1. The van der Waals surface area contributed by atoms with Crippen molar-refractivity contribution in [2.45, 2.75) is 46.6 Å². The lowest BCUT2D eigenvalue weighted by atomic mass is 9.72. The molecule has 1 aromatic carbocycles. The van der Waals surface area contributed by atoms with Crippen LogP contribution in [-0.2, 0) is 4.74 Å². The maximum absolute atomic E-state index is 12.2. The molecule has 2 aromatic heterocycles. The number of aryl methyl sites for hydroxylation is 2. The number of aromatic nitrogens is 3. The van der Waals surface area contributed by atoms with E-state index in [4.69, 9.17) is 35.6 Å². The van der Waals surface area contributed by atoms with Crippen molar-refractivity contribution in [3.05, 3.63) is 40.2 Å². The first-order chi connectivity index (χ1) is 20.1. The number of nitrogens with zero attached hydrogens (tertiary/aromatic N) is 5. The predicted octanol–water partition coefficient (Wildman–Crippen LogP) is 4.40. The predicted molar refractivity (Wildman–Crippen MR) is 160 cm³/mol. The molecule has 5 rings (SSSR count). The quantitative estimate of drug-likeness (QED) is 0.366. The lowest BCUT2D eigenvalue weighted by Gasteiger charge is -2.54. The molecule has 226 valence electrons. The van der Waals surface area contributed by atoms with Gasteiger partial charge in [0.1, 0.15) is 30.0 Å². The van der Waals surface area contributed by atoms with E-state index in [0.29, 0.717) is 54.2 Å². The number of likely N-dealkylation sites (tertiary alicyclic amines) is 1. The Morgan fingerprint density at radius 1 is 1.21 bits per heavy atom. The van der Waals surface area contributed by atoms with Crippen molar-refractivity contribution in [3.63, 3.8) is 0 Å². The minimum Gasteiger partial charge on any atom is -0.491 e. The molecule has 1 amide bonds. The molecule has 0 unspecified atom stereocenters. The highest BCUT2D eigenvalue weighted by atomic mass is 35.5. The number of halogens is 1. The van der Waals surface area contributed by atoms with Crippen LogP contribution in [0.25, 0.3) is 22.6 Å². The van der Waals surface area contributed by atoms with Gasteiger partial charge in [0.05, 0.1) is 28.6 Å². The first-order valence-corrected chi connectivity index (χ1v) is 14.8. The highest BCUT2D eigenvalue weighted by Gasteiger charge is 2.47. The number of benzene rings is 1. The highest BCUT2D eigenvalue weighted by molar-refractivity contribution is 6.33. The Hall–Kier alpha value is -3.41. The van der Waals surface area contributed by atoms with Crippen LogP contribution in [0.2, 0.25) is 5.02 Å². The number of amides is 1. The van der Waals surface area contributed by atoms with E-state index in [-0.39, 0.29) is 18.1 Å². The van der Waals surface area contributed by atoms with E-state index in [1.165, 1.54) is 0 Å². The molecule has 2 N–H and O–H groups in total. The molecule has 0 bridgehead atoms. The van der Waals surface area contributed by atoms with Gasteiger partial charge in [0.15, 0.2) is 5.82 Å². The van der Waals surface area contributed by atoms with Gasteiger partial charge < -0.3 is 34.2 Å². The van der Waals surface area contributed by atoms with Gasteiger partial charge in [0.25, 0.3) is 0 Å². The van der Waals surface area contributed by atoms with Crippen molar-refractivity contribution in [2.24, 2.45) is 5.41 Å². The average Bonchev–Trinajstić information content (AvgIpc) is 3.29. The summed E-state index contributed by atoms with van der Waals surface area (Å²) in [6, 6.07) is 5.33. The highest BCUT2D eigenvalue weighted by Crippen LogP contribution is 2.45. The van der Waals surface area contributed by atoms with E-state index >= 15 is 0 Å². The number of anilines is 1. The van der Waals surface area contributed by atoms with E-state index in [2.05, 4.69) is 15.4 Å². The molecule has 2 saturated heterocycles. The van der Waals surface area contributed by atoms with Crippen molar-refractivity contribution in [2.75, 3.05) is 57.9 Å². The molecule has 3 aromatic rings. The molecule has 1 spiro atoms. The fourth-order valence-electron chi connectivity index (χ4n) is 5.86. The van der Waals surface area contributed by atoms with Crippen LogP contribution in [0.15, 0.2) is 22.7 Å². The van der Waals surface area contributed by atoms with Gasteiger partial charge in [0, 0.05) is 49.3 Å². The fraction of sp³-hybridized carbons (Fsp3) is 0.533. The average molecular weight is 599 g/mol. The van der Waals surface area contributed by atoms with Gasteiger partial charge in [-0.25, -0.2) is 14.8 Å². The maximum Gasteiger partial charge on any atom is 0.409 e. The molecular formula is C30H39ClN6O5. The van der Waals surface area contributed by atoms with E-state index < -0.39 is 6.10 Å². The standard InChI is InChI=1S/C30H39ClN6O5/c1-6-40-29(39)36-11-9-30(10-12-36)16-37(17-30)28-18(2)26(25-19(3)35-42-20(25)4)33-27(34-28)23-13-22(7-8-24(23)31)41-15-21(38)14-32-5/h7-8,13,21,32,38H,6,9-12,14-17H2,1-5H3/t21-/m1/s1. The summed E-state index contributed by atoms with van der Waals surface area (Å²) in [5, 5.41) is 17.7. The van der Waals surface area contributed by atoms with Crippen LogP contribution in [-0.4, -0.2) is 90.3 Å². The van der Waals surface area contributed by atoms with Gasteiger partial charge >= 0.3 is 6.09 Å². The minimum atomic E-state index is -0.648. The van der Waals surface area contributed by atoms with Crippen LogP contribution >= 0.6 is 11.6 Å². The summed E-state index contributed by atoms with van der Waals surface area (Å²) < 4.78 is 16.6. The number of hydrogen-bond acceptors (Lipinski definition) is 10. The monoisotopic (exact) mass is 598 g/mol. The van der Waals surface area contributed by atoms with E-state index in [0.717, 1.165) is 54.3 Å². The van der Waals surface area contributed by atoms with E-state index in [1.54, 1.807) is 24.1 Å². The second-order valence-corrected chi connectivity index (χ2v) is 11.7. The van der Waals surface area contributed by atoms with Crippen molar-refractivity contribution < 1.29 is 23.9 Å². The topological polar surface area (TPSA) is 126 Å². The summed E-state index contributed by atoms with van der Waals surface area (Å²) in [6.07, 6.45) is 0.954. The third-order valence-corrected chi connectivity index (χ3v) is 8.48. The normalized spacial score (nSPS) is 16.8. The SMILES string of the molecule is CCOC(=O)N1CCC2(CC1)CN(c1nc(-c3cc(OC[C@H](O)CNC)ccc3Cl)nc(-c3c(C)noc3C)c1C)C2. The molecule has 12 heteroatoms. The molecule has 1 atom stereocenters. The number of likely N-dealkylation sites (N-methyl/N-ethyl adjacent to an activating group) is 1. The lowest BCUT2D eigenvalue weighted by molar-refractivity contribution is 0.0549. The smallest absolute Gasteiger partial charge is 0.409 e. The molecule has 0 saturated carbocycles. The van der Waals surface area contributed by atoms with Gasteiger partial charge in [0.2, 0.25) is 0 Å². The Labute approximate surface area is 251 Å². The second kappa shape index (κ2) is 12.4. The molecular weight excluding hydrogens is 560 g/mol. The molecule has 11 nitrogen and oxygen atoms in total. The Balaban J connectivity index is 1.46. The lowest BCUT2D eigenvalue weighted by Crippen LogP contribution is -2.61. The summed E-state index contributed by atoms with van der Waals surface area (Å²) in [5.41, 5.74) is 4.03. The van der Waals surface area contributed by atoms with Gasteiger partial charge in [-0.05, 0) is 65.8 Å². The number of carbonyl (C=O) groups excluding carboxylic acids is 1. The van der Waals surface area contributed by atoms with Gasteiger partial charge in [-0.3, -0.25) is 0 Å². The van der Waals surface area contributed by atoms with Gasteiger partial charge in [-0.1, -0.05) is 16.8 Å². The van der Waals surface area contributed by atoms with Crippen LogP contribution in [0.3, 0.4) is 0 Å². The zero-order chi connectivity index (χ0) is 30.0. The van der Waals surface area contributed by atoms with Gasteiger partial charge in [-0.2, -0.15) is 0 Å². The maximum atomic E-state index is 12.2. The summed E-state index contributed by atoms with van der Waals surface area (Å²) in [6.45, 7) is 11.6. The Morgan fingerprint density at radius 3 is 2.60 bits per heavy atom. The number of ether oxygens (including phenoxy) is 2. The third-order valence-electron chi connectivity index (χ3n) is 8.15. The first kappa shape index (κ1) is 30.1. The Bertz CT molecular complexity index is 1410. The molecule has 2 fully saturated rings. The fourth-order valence-corrected chi connectivity index (χ4v) is 6.06. The van der Waals surface area contributed by atoms with Crippen LogP contribution in [0.1, 0.15) is 36.8 Å². The number of nitrogens with one attached hydrogen (secondary N) is 1. The Kier molecular flexibility index (Phi) is 8.91. The molecule has 4 heterocycles. The van der Waals surface area contributed by atoms with E-state index in [1.807, 2.05) is 33.8 Å². The zero-order valence-corrected chi connectivity index (χ0v) is 25.6. The summed E-state index contributed by atoms with van der Waals surface area (Å²) >= 11 is 6.70. The number of carbonyl (C=O) groups is 1. The second-order valence-electron chi connectivity index (χ2n) is 11.2. The van der Waals surface area contributed by atoms with Crippen LogP contribution in [0.5, 0.6) is 5.75 Å². The minimum absolute atomic E-state index is 0.128. The number of aliphatic hydroxyl groups is 1. The summed E-state index contributed by atoms with van der Waals surface area (Å²) in [5.74, 6) is 2.54. The zero-order valence-electron chi connectivity index (χ0n) is 24.9. The van der Waals surface area contributed by atoms with Crippen molar-refractivity contribution in [1.29, 1.82) is 0 Å². The third kappa shape index (κ3) is 6.04. The van der Waals surface area contributed by atoms with Crippen LogP contribution in [0.4, 0.5) is 10.6 Å². The summed E-state index contributed by atoms with van der Waals surface area (Å²) in [7, 11) is 1.78. The Morgan fingerprint density at radius 2 is 1.95 bits per heavy atom. The van der Waals surface area contributed by atoms with Crippen LogP contribution < -0.4 is 15.0 Å². The molecule has 42 heavy (non-hydrogen) atoms. The van der Waals surface area contributed by atoms with Gasteiger partial charge in [-0.15, -0.1) is 0 Å². The molecule has 2 aliphatic rings. The molecule has 2 aliphatic heterocycles. The van der Waals surface area contributed by atoms with Crippen molar-refractivity contribution >= 4 is 23.5 Å². The number of piperidine rings is 1. The van der Waals surface area contributed by atoms with E-state index in [9.17, 15) is 9.90 Å². The van der Waals surface area contributed by atoms with Crippen LogP contribution in [0, 0.1) is 26.2 Å². The number of hydrogen-bond donors (Lipinski definition) is 2. The molecule has 0 radical (unpaired) electrons. The molecule has 0 aliphatic carbocycles. The first-order valence-electron chi connectivity index (χ1n) is 14.4. The summed E-state index contributed by atoms with van der Waals surface area (Å²) in [4.78, 5) is 26.3. The largest absolute Gasteiger partial charge is 0.491 e. The number of rotatable bonds is 9. The van der Waals surface area contributed by atoms with Crippen molar-refractivity contribution in [3.8, 4) is 28.4 Å².